The Morgan fingerprint density at radius 2 is 1.89 bits per heavy atom. The number of ether oxygens (including phenoxy) is 1. The van der Waals surface area contributed by atoms with Crippen LogP contribution in [0.15, 0.2) is 58.4 Å². The topological polar surface area (TPSA) is 91.8 Å². The zero-order valence-corrected chi connectivity index (χ0v) is 17.5. The summed E-state index contributed by atoms with van der Waals surface area (Å²) in [5, 5.41) is 6.61. The van der Waals surface area contributed by atoms with Crippen molar-refractivity contribution in [1.29, 1.82) is 0 Å². The van der Waals surface area contributed by atoms with Crippen molar-refractivity contribution >= 4 is 27.6 Å². The lowest BCUT2D eigenvalue weighted by Crippen LogP contribution is -2.41. The van der Waals surface area contributed by atoms with Crippen molar-refractivity contribution in [3.05, 3.63) is 59.1 Å². The summed E-state index contributed by atoms with van der Waals surface area (Å²) in [6.07, 6.45) is 0. The van der Waals surface area contributed by atoms with Gasteiger partial charge in [-0.15, -0.1) is 0 Å². The van der Waals surface area contributed by atoms with Gasteiger partial charge in [0.2, 0.25) is 10.0 Å². The van der Waals surface area contributed by atoms with Gasteiger partial charge in [-0.1, -0.05) is 35.9 Å². The van der Waals surface area contributed by atoms with E-state index in [4.69, 9.17) is 16.3 Å². The summed E-state index contributed by atoms with van der Waals surface area (Å²) in [7, 11) is -1.99. The third-order valence-electron chi connectivity index (χ3n) is 3.76. The first-order valence-corrected chi connectivity index (χ1v) is 10.7. The number of guanidine groups is 1. The van der Waals surface area contributed by atoms with Crippen LogP contribution in [0, 0.1) is 0 Å². The minimum atomic E-state index is -3.61. The first-order chi connectivity index (χ1) is 13.5. The highest BCUT2D eigenvalue weighted by atomic mass is 35.5. The third-order valence-corrected chi connectivity index (χ3v) is 5.45. The maximum absolute atomic E-state index is 12.3. The Hall–Kier alpha value is -2.29. The minimum Gasteiger partial charge on any atom is -0.496 e. The second-order valence-corrected chi connectivity index (χ2v) is 7.99. The average Bonchev–Trinajstić information content (AvgIpc) is 2.69. The van der Waals surface area contributed by atoms with E-state index in [2.05, 4.69) is 20.3 Å². The van der Waals surface area contributed by atoms with E-state index >= 15 is 0 Å². The van der Waals surface area contributed by atoms with Crippen LogP contribution in [0.4, 0.5) is 0 Å². The highest BCUT2D eigenvalue weighted by Crippen LogP contribution is 2.18. The summed E-state index contributed by atoms with van der Waals surface area (Å²) in [5.74, 6) is 1.37. The summed E-state index contributed by atoms with van der Waals surface area (Å²) in [6.45, 7) is 3.66. The van der Waals surface area contributed by atoms with Crippen LogP contribution >= 0.6 is 11.6 Å². The number of rotatable bonds is 9. The average molecular weight is 425 g/mol. The SMILES string of the molecule is CCNC(=NCc1ccccc1OC)NCCNS(=O)(=O)c1cccc(Cl)c1. The maximum atomic E-state index is 12.3. The Kier molecular flexibility index (Phi) is 8.56. The van der Waals surface area contributed by atoms with Crippen LogP contribution in [0.3, 0.4) is 0 Å². The first-order valence-electron chi connectivity index (χ1n) is 8.85. The molecule has 28 heavy (non-hydrogen) atoms. The summed E-state index contributed by atoms with van der Waals surface area (Å²) >= 11 is 5.86. The molecule has 0 spiro atoms. The fraction of sp³-hybridized carbons (Fsp3) is 0.316. The molecule has 0 aliphatic rings. The van der Waals surface area contributed by atoms with E-state index in [1.54, 1.807) is 19.2 Å². The number of aliphatic imine (C=N–C) groups is 1. The van der Waals surface area contributed by atoms with Gasteiger partial charge in [-0.05, 0) is 31.2 Å². The molecule has 2 rings (SSSR count). The highest BCUT2D eigenvalue weighted by Gasteiger charge is 2.13. The van der Waals surface area contributed by atoms with E-state index in [0.717, 1.165) is 11.3 Å². The molecule has 0 fully saturated rings. The molecule has 3 N–H and O–H groups in total. The van der Waals surface area contributed by atoms with Gasteiger partial charge in [-0.2, -0.15) is 0 Å². The Labute approximate surface area is 171 Å². The van der Waals surface area contributed by atoms with E-state index in [0.29, 0.717) is 30.6 Å². The standard InChI is InChI=1S/C19H25ClN4O3S/c1-3-21-19(23-14-15-7-4-5-10-18(15)27-2)22-11-12-24-28(25,26)17-9-6-8-16(20)13-17/h4-10,13,24H,3,11-12,14H2,1-2H3,(H2,21,22,23). The number of sulfonamides is 1. The van der Waals surface area contributed by atoms with Gasteiger partial charge in [0, 0.05) is 30.2 Å². The zero-order valence-electron chi connectivity index (χ0n) is 15.9. The Morgan fingerprint density at radius 3 is 2.61 bits per heavy atom. The lowest BCUT2D eigenvalue weighted by Gasteiger charge is -2.13. The van der Waals surface area contributed by atoms with Gasteiger partial charge in [-0.3, -0.25) is 0 Å². The molecule has 0 saturated heterocycles. The molecule has 0 amide bonds. The molecule has 0 aliphatic heterocycles. The van der Waals surface area contributed by atoms with Crippen molar-refractivity contribution in [3.63, 3.8) is 0 Å². The zero-order chi connectivity index (χ0) is 20.4. The molecule has 0 unspecified atom stereocenters. The number of para-hydroxylation sites is 1. The summed E-state index contributed by atoms with van der Waals surface area (Å²) < 4.78 is 32.4. The third kappa shape index (κ3) is 6.70. The molecule has 0 atom stereocenters. The largest absolute Gasteiger partial charge is 0.496 e. The molecule has 2 aromatic rings. The van der Waals surface area contributed by atoms with E-state index in [9.17, 15) is 8.42 Å². The number of nitrogens with one attached hydrogen (secondary N) is 3. The van der Waals surface area contributed by atoms with Crippen LogP contribution in [0.1, 0.15) is 12.5 Å². The van der Waals surface area contributed by atoms with Crippen LogP contribution in [-0.2, 0) is 16.6 Å². The summed E-state index contributed by atoms with van der Waals surface area (Å²) in [4.78, 5) is 4.65. The molecule has 0 heterocycles. The minimum absolute atomic E-state index is 0.136. The monoisotopic (exact) mass is 424 g/mol. The fourth-order valence-electron chi connectivity index (χ4n) is 2.42. The van der Waals surface area contributed by atoms with Crippen molar-refractivity contribution in [2.75, 3.05) is 26.7 Å². The number of nitrogens with zero attached hydrogens (tertiary/aromatic N) is 1. The van der Waals surface area contributed by atoms with Crippen LogP contribution in [0.2, 0.25) is 5.02 Å². The molecule has 7 nitrogen and oxygen atoms in total. The molecule has 0 aromatic heterocycles. The van der Waals surface area contributed by atoms with Gasteiger partial charge in [0.15, 0.2) is 5.96 Å². The molecule has 152 valence electrons. The highest BCUT2D eigenvalue weighted by molar-refractivity contribution is 7.89. The predicted molar refractivity (Wildman–Crippen MR) is 112 cm³/mol. The summed E-state index contributed by atoms with van der Waals surface area (Å²) in [6, 6.07) is 13.8. The maximum Gasteiger partial charge on any atom is 0.240 e. The molecular weight excluding hydrogens is 400 g/mol. The quantitative estimate of drug-likeness (QED) is 0.326. The van der Waals surface area contributed by atoms with Crippen LogP contribution in [0.5, 0.6) is 5.75 Å². The van der Waals surface area contributed by atoms with Gasteiger partial charge in [0.25, 0.3) is 0 Å². The van der Waals surface area contributed by atoms with Crippen molar-refractivity contribution in [1.82, 2.24) is 15.4 Å². The van der Waals surface area contributed by atoms with E-state index in [1.807, 2.05) is 31.2 Å². The lowest BCUT2D eigenvalue weighted by molar-refractivity contribution is 0.410. The van der Waals surface area contributed by atoms with Crippen LogP contribution in [0.25, 0.3) is 0 Å². The van der Waals surface area contributed by atoms with E-state index in [1.165, 1.54) is 12.1 Å². The van der Waals surface area contributed by atoms with Gasteiger partial charge >= 0.3 is 0 Å². The van der Waals surface area contributed by atoms with Crippen LogP contribution in [-0.4, -0.2) is 41.1 Å². The van der Waals surface area contributed by atoms with Gasteiger partial charge in [0.1, 0.15) is 5.75 Å². The molecular formula is C19H25ClN4O3S. The molecule has 0 aliphatic carbocycles. The van der Waals surface area contributed by atoms with E-state index < -0.39 is 10.0 Å². The molecule has 2 aromatic carbocycles. The smallest absolute Gasteiger partial charge is 0.240 e. The number of hydrogen-bond donors (Lipinski definition) is 3. The lowest BCUT2D eigenvalue weighted by atomic mass is 10.2. The molecule has 9 heteroatoms. The second-order valence-electron chi connectivity index (χ2n) is 5.79. The predicted octanol–water partition coefficient (Wildman–Crippen LogP) is 2.38. The van der Waals surface area contributed by atoms with Crippen LogP contribution < -0.4 is 20.1 Å². The Balaban J connectivity index is 1.91. The number of benzene rings is 2. The first kappa shape index (κ1) is 22.0. The van der Waals surface area contributed by atoms with Crippen molar-refractivity contribution in [2.45, 2.75) is 18.4 Å². The number of halogens is 1. The van der Waals surface area contributed by atoms with Gasteiger partial charge in [-0.25, -0.2) is 18.1 Å². The Morgan fingerprint density at radius 1 is 1.11 bits per heavy atom. The van der Waals surface area contributed by atoms with Gasteiger partial charge < -0.3 is 15.4 Å². The fourth-order valence-corrected chi connectivity index (χ4v) is 3.76. The molecule has 0 radical (unpaired) electrons. The Bertz CT molecular complexity index is 904. The van der Waals surface area contributed by atoms with Crippen molar-refractivity contribution < 1.29 is 13.2 Å². The van der Waals surface area contributed by atoms with Gasteiger partial charge in [0.05, 0.1) is 18.6 Å². The number of hydrogen-bond acceptors (Lipinski definition) is 4. The molecule has 0 saturated carbocycles. The summed E-state index contributed by atoms with van der Waals surface area (Å²) in [5.41, 5.74) is 0.962. The second kappa shape index (κ2) is 10.9. The molecule has 0 bridgehead atoms. The number of methoxy groups -OCH3 is 1. The van der Waals surface area contributed by atoms with E-state index in [-0.39, 0.29) is 11.4 Å². The van der Waals surface area contributed by atoms with Crippen molar-refractivity contribution in [3.8, 4) is 5.75 Å². The van der Waals surface area contributed by atoms with Crippen molar-refractivity contribution in [2.24, 2.45) is 4.99 Å². The normalized spacial score (nSPS) is 11.9.